The Morgan fingerprint density at radius 2 is 1.95 bits per heavy atom. The van der Waals surface area contributed by atoms with E-state index in [1.54, 1.807) is 6.07 Å². The van der Waals surface area contributed by atoms with E-state index >= 15 is 0 Å². The van der Waals surface area contributed by atoms with E-state index in [2.05, 4.69) is 0 Å². The number of nitrogens with zero attached hydrogens (tertiary/aromatic N) is 1. The maximum atomic E-state index is 13.1. The lowest BCUT2D eigenvalue weighted by Gasteiger charge is -2.08. The summed E-state index contributed by atoms with van der Waals surface area (Å²) in [6.07, 6.45) is 1.96. The predicted molar refractivity (Wildman–Crippen MR) is 78.4 cm³/mol. The van der Waals surface area contributed by atoms with Crippen molar-refractivity contribution in [1.82, 2.24) is 4.57 Å². The van der Waals surface area contributed by atoms with E-state index < -0.39 is 0 Å². The highest BCUT2D eigenvalue weighted by Gasteiger charge is 2.06. The molecule has 2 nitrogen and oxygen atoms in total. The number of rotatable bonds is 3. The Morgan fingerprint density at radius 3 is 2.70 bits per heavy atom. The van der Waals surface area contributed by atoms with Crippen molar-refractivity contribution < 1.29 is 9.50 Å². The zero-order valence-electron chi connectivity index (χ0n) is 10.7. The fraction of sp³-hybridized carbons (Fsp3) is 0.125. The molecule has 0 aliphatic carbocycles. The Kier molecular flexibility index (Phi) is 3.47. The lowest BCUT2D eigenvalue weighted by atomic mass is 10.1. The van der Waals surface area contributed by atoms with Crippen LogP contribution in [0.2, 0.25) is 5.02 Å². The van der Waals surface area contributed by atoms with Crippen LogP contribution in [0.4, 0.5) is 4.39 Å². The van der Waals surface area contributed by atoms with Gasteiger partial charge in [-0.05, 0) is 40.8 Å². The van der Waals surface area contributed by atoms with Crippen molar-refractivity contribution in [2.24, 2.45) is 0 Å². The maximum Gasteiger partial charge on any atom is 0.124 e. The summed E-state index contributed by atoms with van der Waals surface area (Å²) in [5.41, 5.74) is 2.75. The molecule has 0 bridgehead atoms. The number of aliphatic hydroxyl groups is 1. The van der Waals surface area contributed by atoms with Gasteiger partial charge in [0, 0.05) is 23.3 Å². The van der Waals surface area contributed by atoms with Gasteiger partial charge >= 0.3 is 0 Å². The molecule has 0 saturated heterocycles. The van der Waals surface area contributed by atoms with Crippen molar-refractivity contribution >= 4 is 22.5 Å². The molecule has 0 spiro atoms. The second-order valence-electron chi connectivity index (χ2n) is 4.73. The van der Waals surface area contributed by atoms with E-state index in [9.17, 15) is 9.50 Å². The third-order valence-electron chi connectivity index (χ3n) is 3.38. The molecule has 0 amide bonds. The summed E-state index contributed by atoms with van der Waals surface area (Å²) in [4.78, 5) is 0. The first-order chi connectivity index (χ1) is 9.67. The minimum atomic E-state index is -0.335. The summed E-state index contributed by atoms with van der Waals surface area (Å²) in [6.45, 7) is 0.579. The Hall–Kier alpha value is -1.84. The molecule has 0 atom stereocenters. The molecule has 20 heavy (non-hydrogen) atoms. The van der Waals surface area contributed by atoms with Gasteiger partial charge in [0.05, 0.1) is 6.61 Å². The van der Waals surface area contributed by atoms with Crippen molar-refractivity contribution in [3.63, 3.8) is 0 Å². The molecule has 0 saturated carbocycles. The van der Waals surface area contributed by atoms with Gasteiger partial charge in [-0.15, -0.1) is 0 Å². The molecule has 0 unspecified atom stereocenters. The SMILES string of the molecule is OCc1ccc2ccn(Cc3ccc(F)cc3Cl)c2c1. The summed E-state index contributed by atoms with van der Waals surface area (Å²) in [7, 11) is 0. The van der Waals surface area contributed by atoms with Crippen molar-refractivity contribution in [2.45, 2.75) is 13.2 Å². The lowest BCUT2D eigenvalue weighted by molar-refractivity contribution is 0.282. The quantitative estimate of drug-likeness (QED) is 0.775. The third kappa shape index (κ3) is 2.42. The van der Waals surface area contributed by atoms with E-state index in [4.69, 9.17) is 11.6 Å². The molecule has 3 rings (SSSR count). The number of aromatic nitrogens is 1. The molecule has 2 aromatic carbocycles. The monoisotopic (exact) mass is 289 g/mol. The van der Waals surface area contributed by atoms with Crippen LogP contribution in [-0.2, 0) is 13.2 Å². The first-order valence-electron chi connectivity index (χ1n) is 6.30. The van der Waals surface area contributed by atoms with Gasteiger partial charge in [0.2, 0.25) is 0 Å². The topological polar surface area (TPSA) is 25.2 Å². The van der Waals surface area contributed by atoms with Gasteiger partial charge in [0.1, 0.15) is 5.82 Å². The first-order valence-corrected chi connectivity index (χ1v) is 6.68. The number of benzene rings is 2. The summed E-state index contributed by atoms with van der Waals surface area (Å²) in [5.74, 6) is -0.335. The van der Waals surface area contributed by atoms with Crippen LogP contribution in [0.25, 0.3) is 10.9 Å². The molecular formula is C16H13ClFNO. The van der Waals surface area contributed by atoms with E-state index in [1.807, 2.05) is 35.0 Å². The molecule has 102 valence electrons. The highest BCUT2D eigenvalue weighted by atomic mass is 35.5. The fourth-order valence-corrected chi connectivity index (χ4v) is 2.53. The van der Waals surface area contributed by atoms with Crippen LogP contribution in [0.1, 0.15) is 11.1 Å². The van der Waals surface area contributed by atoms with Crippen molar-refractivity contribution in [3.8, 4) is 0 Å². The number of hydrogen-bond acceptors (Lipinski definition) is 1. The molecular weight excluding hydrogens is 277 g/mol. The molecule has 0 fully saturated rings. The van der Waals surface area contributed by atoms with E-state index in [0.717, 1.165) is 22.0 Å². The van der Waals surface area contributed by atoms with Gasteiger partial charge < -0.3 is 9.67 Å². The Morgan fingerprint density at radius 1 is 1.10 bits per heavy atom. The molecule has 4 heteroatoms. The zero-order chi connectivity index (χ0) is 14.1. The van der Waals surface area contributed by atoms with Gasteiger partial charge in [-0.3, -0.25) is 0 Å². The predicted octanol–water partition coefficient (Wildman–Crippen LogP) is 3.97. The number of fused-ring (bicyclic) bond motifs is 1. The van der Waals surface area contributed by atoms with Crippen LogP contribution in [0.3, 0.4) is 0 Å². The Bertz CT molecular complexity index is 766. The van der Waals surface area contributed by atoms with Gasteiger partial charge in [-0.2, -0.15) is 0 Å². The lowest BCUT2D eigenvalue weighted by Crippen LogP contribution is -1.99. The maximum absolute atomic E-state index is 13.1. The smallest absolute Gasteiger partial charge is 0.124 e. The molecule has 0 radical (unpaired) electrons. The van der Waals surface area contributed by atoms with Gasteiger partial charge in [0.25, 0.3) is 0 Å². The van der Waals surface area contributed by atoms with Crippen LogP contribution in [-0.4, -0.2) is 9.67 Å². The number of halogens is 2. The number of aliphatic hydroxyl groups excluding tert-OH is 1. The highest BCUT2D eigenvalue weighted by Crippen LogP contribution is 2.22. The molecule has 3 aromatic rings. The van der Waals surface area contributed by atoms with E-state index in [0.29, 0.717) is 11.6 Å². The Balaban J connectivity index is 2.01. The molecule has 1 N–H and O–H groups in total. The van der Waals surface area contributed by atoms with Crippen molar-refractivity contribution in [2.75, 3.05) is 0 Å². The largest absolute Gasteiger partial charge is 0.392 e. The molecule has 1 aromatic heterocycles. The van der Waals surface area contributed by atoms with Crippen LogP contribution < -0.4 is 0 Å². The first kappa shape index (κ1) is 13.2. The average molecular weight is 290 g/mol. The summed E-state index contributed by atoms with van der Waals surface area (Å²) >= 11 is 6.06. The normalized spacial score (nSPS) is 11.2. The molecule has 1 heterocycles. The minimum absolute atomic E-state index is 0.0123. The van der Waals surface area contributed by atoms with Crippen LogP contribution in [0.15, 0.2) is 48.7 Å². The van der Waals surface area contributed by atoms with Gasteiger partial charge in [-0.1, -0.05) is 29.8 Å². The zero-order valence-corrected chi connectivity index (χ0v) is 11.4. The number of hydrogen-bond donors (Lipinski definition) is 1. The standard InChI is InChI=1S/C16H13ClFNO/c17-15-8-14(18)4-3-13(15)9-19-6-5-12-2-1-11(10-20)7-16(12)19/h1-8,20H,9-10H2. The van der Waals surface area contributed by atoms with Crippen LogP contribution in [0, 0.1) is 5.82 Å². The van der Waals surface area contributed by atoms with Gasteiger partial charge in [-0.25, -0.2) is 4.39 Å². The van der Waals surface area contributed by atoms with E-state index in [1.165, 1.54) is 12.1 Å². The van der Waals surface area contributed by atoms with Gasteiger partial charge in [0.15, 0.2) is 0 Å². The van der Waals surface area contributed by atoms with Crippen molar-refractivity contribution in [1.29, 1.82) is 0 Å². The van der Waals surface area contributed by atoms with Crippen LogP contribution in [0.5, 0.6) is 0 Å². The minimum Gasteiger partial charge on any atom is -0.392 e. The molecule has 0 aliphatic heterocycles. The fourth-order valence-electron chi connectivity index (χ4n) is 2.30. The summed E-state index contributed by atoms with van der Waals surface area (Å²) < 4.78 is 15.1. The summed E-state index contributed by atoms with van der Waals surface area (Å²) in [6, 6.07) is 12.3. The van der Waals surface area contributed by atoms with E-state index in [-0.39, 0.29) is 12.4 Å². The third-order valence-corrected chi connectivity index (χ3v) is 3.73. The second kappa shape index (κ2) is 5.27. The highest BCUT2D eigenvalue weighted by molar-refractivity contribution is 6.31. The Labute approximate surface area is 121 Å². The summed E-state index contributed by atoms with van der Waals surface area (Å²) in [5, 5.41) is 10.7. The van der Waals surface area contributed by atoms with Crippen molar-refractivity contribution in [3.05, 3.63) is 70.6 Å². The van der Waals surface area contributed by atoms with Crippen LogP contribution >= 0.6 is 11.6 Å². The average Bonchev–Trinajstić information content (AvgIpc) is 2.84. The second-order valence-corrected chi connectivity index (χ2v) is 5.14. The molecule has 0 aliphatic rings.